The molecule has 2 amide bonds. The van der Waals surface area contributed by atoms with Gasteiger partial charge in [0.15, 0.2) is 0 Å². The number of aliphatic carboxylic acids is 1. The van der Waals surface area contributed by atoms with Gasteiger partial charge < -0.3 is 15.7 Å². The van der Waals surface area contributed by atoms with Crippen LogP contribution in [0.2, 0.25) is 10.0 Å². The van der Waals surface area contributed by atoms with Crippen molar-refractivity contribution in [3.63, 3.8) is 0 Å². The van der Waals surface area contributed by atoms with Crippen molar-refractivity contribution in [1.82, 2.24) is 5.32 Å². The Kier molecular flexibility index (Phi) is 5.44. The van der Waals surface area contributed by atoms with Gasteiger partial charge in [0.25, 0.3) is 0 Å². The number of carbonyl (C=O) groups is 2. The highest BCUT2D eigenvalue weighted by Crippen LogP contribution is 2.25. The Morgan fingerprint density at radius 1 is 1.26 bits per heavy atom. The Bertz CT molecular complexity index is 494. The number of rotatable bonds is 4. The van der Waals surface area contributed by atoms with Crippen LogP contribution in [0.25, 0.3) is 0 Å². The molecule has 5 nitrogen and oxygen atoms in total. The van der Waals surface area contributed by atoms with E-state index in [1.165, 1.54) is 13.0 Å². The van der Waals surface area contributed by atoms with Crippen LogP contribution < -0.4 is 10.6 Å². The number of hydrogen-bond acceptors (Lipinski definition) is 2. The Balaban J connectivity index is 2.63. The van der Waals surface area contributed by atoms with Crippen molar-refractivity contribution < 1.29 is 14.7 Å². The first-order valence-electron chi connectivity index (χ1n) is 5.56. The van der Waals surface area contributed by atoms with Crippen LogP contribution in [0.4, 0.5) is 10.5 Å². The van der Waals surface area contributed by atoms with Crippen LogP contribution in [0, 0.1) is 5.92 Å². The molecule has 1 aromatic carbocycles. The Morgan fingerprint density at radius 3 is 2.42 bits per heavy atom. The van der Waals surface area contributed by atoms with Gasteiger partial charge in [-0.15, -0.1) is 0 Å². The maximum atomic E-state index is 11.7. The fraction of sp³-hybridized carbons (Fsp3) is 0.333. The van der Waals surface area contributed by atoms with Gasteiger partial charge in [-0.2, -0.15) is 0 Å². The number of hydrogen-bond donors (Lipinski definition) is 3. The maximum absolute atomic E-state index is 11.7. The van der Waals surface area contributed by atoms with E-state index in [1.54, 1.807) is 19.1 Å². The minimum absolute atomic E-state index is 0.307. The molecule has 0 aliphatic carbocycles. The number of urea groups is 1. The number of carbonyl (C=O) groups excluding carboxylic acids is 1. The summed E-state index contributed by atoms with van der Waals surface area (Å²) < 4.78 is 0. The van der Waals surface area contributed by atoms with E-state index in [1.807, 2.05) is 0 Å². The van der Waals surface area contributed by atoms with E-state index in [2.05, 4.69) is 10.6 Å². The quantitative estimate of drug-likeness (QED) is 0.799. The Morgan fingerprint density at radius 2 is 1.89 bits per heavy atom. The Hall–Kier alpha value is -1.46. The van der Waals surface area contributed by atoms with Crippen molar-refractivity contribution in [3.05, 3.63) is 28.2 Å². The summed E-state index contributed by atoms with van der Waals surface area (Å²) in [5, 5.41) is 14.6. The first-order chi connectivity index (χ1) is 8.81. The maximum Gasteiger partial charge on any atom is 0.319 e. The smallest absolute Gasteiger partial charge is 0.319 e. The summed E-state index contributed by atoms with van der Waals surface area (Å²) in [5.74, 6) is -1.66. The lowest BCUT2D eigenvalue weighted by atomic mass is 10.0. The molecular formula is C12H14Cl2N2O3. The van der Waals surface area contributed by atoms with Gasteiger partial charge in [-0.3, -0.25) is 4.79 Å². The van der Waals surface area contributed by atoms with E-state index < -0.39 is 24.0 Å². The number of anilines is 1. The van der Waals surface area contributed by atoms with E-state index in [0.717, 1.165) is 0 Å². The summed E-state index contributed by atoms with van der Waals surface area (Å²) >= 11 is 11.6. The first kappa shape index (κ1) is 15.6. The summed E-state index contributed by atoms with van der Waals surface area (Å²) in [6, 6.07) is 3.62. The van der Waals surface area contributed by atoms with Crippen LogP contribution in [0.5, 0.6) is 0 Å². The predicted molar refractivity (Wildman–Crippen MR) is 74.9 cm³/mol. The molecule has 2 unspecified atom stereocenters. The lowest BCUT2D eigenvalue weighted by molar-refractivity contribution is -0.141. The summed E-state index contributed by atoms with van der Waals surface area (Å²) in [4.78, 5) is 22.4. The number of nitrogens with one attached hydrogen (secondary N) is 2. The molecule has 7 heteroatoms. The molecular weight excluding hydrogens is 291 g/mol. The highest BCUT2D eigenvalue weighted by molar-refractivity contribution is 6.36. The molecule has 0 aliphatic rings. The zero-order valence-electron chi connectivity index (χ0n) is 10.4. The van der Waals surface area contributed by atoms with Crippen LogP contribution in [-0.2, 0) is 4.79 Å². The molecule has 3 N–H and O–H groups in total. The monoisotopic (exact) mass is 304 g/mol. The van der Waals surface area contributed by atoms with Crippen LogP contribution in [-0.4, -0.2) is 23.1 Å². The second-order valence-corrected chi connectivity index (χ2v) is 4.98. The van der Waals surface area contributed by atoms with Gasteiger partial charge in [-0.05, 0) is 32.0 Å². The second-order valence-electron chi connectivity index (χ2n) is 4.14. The topological polar surface area (TPSA) is 78.4 Å². The summed E-state index contributed by atoms with van der Waals surface area (Å²) in [6.07, 6.45) is 0. The third-order valence-electron chi connectivity index (χ3n) is 2.68. The molecule has 0 bridgehead atoms. The third kappa shape index (κ3) is 4.61. The molecule has 0 radical (unpaired) electrons. The van der Waals surface area contributed by atoms with Crippen molar-refractivity contribution >= 4 is 40.9 Å². The van der Waals surface area contributed by atoms with Gasteiger partial charge >= 0.3 is 12.0 Å². The minimum atomic E-state index is -0.975. The Labute approximate surface area is 120 Å². The first-order valence-corrected chi connectivity index (χ1v) is 6.32. The lowest BCUT2D eigenvalue weighted by Gasteiger charge is -2.18. The number of benzene rings is 1. The third-order valence-corrected chi connectivity index (χ3v) is 3.23. The predicted octanol–water partition coefficient (Wildman–Crippen LogP) is 3.22. The minimum Gasteiger partial charge on any atom is -0.481 e. The second kappa shape index (κ2) is 6.63. The average Bonchev–Trinajstić information content (AvgIpc) is 2.31. The number of amides is 2. The SMILES string of the molecule is CC(NC(=O)Nc1ccc(Cl)cc1Cl)C(C)C(=O)O. The molecule has 0 fully saturated rings. The zero-order chi connectivity index (χ0) is 14.6. The van der Waals surface area contributed by atoms with Crippen molar-refractivity contribution in [2.24, 2.45) is 5.92 Å². The number of halogens is 2. The molecule has 19 heavy (non-hydrogen) atoms. The van der Waals surface area contributed by atoms with E-state index in [9.17, 15) is 9.59 Å². The van der Waals surface area contributed by atoms with Crippen LogP contribution in [0.1, 0.15) is 13.8 Å². The molecule has 0 heterocycles. The van der Waals surface area contributed by atoms with Gasteiger partial charge in [0.1, 0.15) is 0 Å². The lowest BCUT2D eigenvalue weighted by Crippen LogP contribution is -2.42. The van der Waals surface area contributed by atoms with Gasteiger partial charge in [-0.25, -0.2) is 4.79 Å². The van der Waals surface area contributed by atoms with E-state index >= 15 is 0 Å². The fourth-order valence-electron chi connectivity index (χ4n) is 1.29. The van der Waals surface area contributed by atoms with Crippen LogP contribution >= 0.6 is 23.2 Å². The highest BCUT2D eigenvalue weighted by Gasteiger charge is 2.21. The van der Waals surface area contributed by atoms with E-state index in [-0.39, 0.29) is 0 Å². The summed E-state index contributed by atoms with van der Waals surface area (Å²) in [7, 11) is 0. The van der Waals surface area contributed by atoms with Crippen molar-refractivity contribution in [2.75, 3.05) is 5.32 Å². The molecule has 0 aromatic heterocycles. The van der Waals surface area contributed by atoms with Crippen LogP contribution in [0.15, 0.2) is 18.2 Å². The van der Waals surface area contributed by atoms with Gasteiger partial charge in [0, 0.05) is 11.1 Å². The van der Waals surface area contributed by atoms with Crippen molar-refractivity contribution in [1.29, 1.82) is 0 Å². The molecule has 1 aromatic rings. The molecule has 0 aliphatic heterocycles. The largest absolute Gasteiger partial charge is 0.481 e. The van der Waals surface area contributed by atoms with Crippen molar-refractivity contribution in [3.8, 4) is 0 Å². The molecule has 0 saturated heterocycles. The normalized spacial score (nSPS) is 13.5. The number of carboxylic acid groups (broad SMARTS) is 1. The van der Waals surface area contributed by atoms with E-state index in [4.69, 9.17) is 28.3 Å². The van der Waals surface area contributed by atoms with Crippen molar-refractivity contribution in [2.45, 2.75) is 19.9 Å². The van der Waals surface area contributed by atoms with Crippen LogP contribution in [0.3, 0.4) is 0 Å². The average molecular weight is 305 g/mol. The molecule has 104 valence electrons. The van der Waals surface area contributed by atoms with Gasteiger partial charge in [0.2, 0.25) is 0 Å². The molecule has 1 rings (SSSR count). The summed E-state index contributed by atoms with van der Waals surface area (Å²) in [6.45, 7) is 3.13. The molecule has 2 atom stereocenters. The highest BCUT2D eigenvalue weighted by atomic mass is 35.5. The van der Waals surface area contributed by atoms with E-state index in [0.29, 0.717) is 15.7 Å². The standard InChI is InChI=1S/C12H14Cl2N2O3/c1-6(11(17)18)7(2)15-12(19)16-10-4-3-8(13)5-9(10)14/h3-7H,1-2H3,(H,17,18)(H2,15,16,19). The van der Waals surface area contributed by atoms with Gasteiger partial charge in [0.05, 0.1) is 16.6 Å². The van der Waals surface area contributed by atoms with Gasteiger partial charge in [-0.1, -0.05) is 23.2 Å². The fourth-order valence-corrected chi connectivity index (χ4v) is 1.75. The number of carboxylic acids is 1. The summed E-state index contributed by atoms with van der Waals surface area (Å²) in [5.41, 5.74) is 0.402. The molecule has 0 spiro atoms. The molecule has 0 saturated carbocycles. The zero-order valence-corrected chi connectivity index (χ0v) is 11.9.